The first-order valence-corrected chi connectivity index (χ1v) is 6.44. The van der Waals surface area contributed by atoms with E-state index in [0.717, 1.165) is 24.4 Å². The lowest BCUT2D eigenvalue weighted by Crippen LogP contribution is -2.14. The van der Waals surface area contributed by atoms with E-state index < -0.39 is 6.10 Å². The molecule has 0 radical (unpaired) electrons. The van der Waals surface area contributed by atoms with Gasteiger partial charge in [0.25, 0.3) is 0 Å². The van der Waals surface area contributed by atoms with Crippen LogP contribution in [0.3, 0.4) is 0 Å². The quantitative estimate of drug-likeness (QED) is 0.743. The fraction of sp³-hybridized carbons (Fsp3) is 0.571. The van der Waals surface area contributed by atoms with Crippen LogP contribution in [0.2, 0.25) is 0 Å². The molecule has 0 saturated carbocycles. The van der Waals surface area contributed by atoms with Crippen molar-refractivity contribution < 1.29 is 14.6 Å². The van der Waals surface area contributed by atoms with Crippen molar-refractivity contribution in [3.8, 4) is 11.5 Å². The van der Waals surface area contributed by atoms with Crippen LogP contribution in [0.15, 0.2) is 18.2 Å². The SMILES string of the molecule is CCNCc1ccc(OCC(C)O)c(OCC)c1. The number of hydrogen-bond donors (Lipinski definition) is 2. The highest BCUT2D eigenvalue weighted by Crippen LogP contribution is 2.28. The van der Waals surface area contributed by atoms with Crippen molar-refractivity contribution in [1.29, 1.82) is 0 Å². The summed E-state index contributed by atoms with van der Waals surface area (Å²) in [5, 5.41) is 12.5. The molecule has 1 unspecified atom stereocenters. The number of benzene rings is 1. The maximum atomic E-state index is 9.23. The predicted octanol–water partition coefficient (Wildman–Crippen LogP) is 1.95. The molecule has 2 N–H and O–H groups in total. The summed E-state index contributed by atoms with van der Waals surface area (Å²) in [5.74, 6) is 1.41. The summed E-state index contributed by atoms with van der Waals surface area (Å²) < 4.78 is 11.1. The zero-order chi connectivity index (χ0) is 13.4. The van der Waals surface area contributed by atoms with Crippen molar-refractivity contribution in [3.05, 3.63) is 23.8 Å². The highest BCUT2D eigenvalue weighted by atomic mass is 16.5. The molecule has 0 aliphatic heterocycles. The molecular weight excluding hydrogens is 230 g/mol. The van der Waals surface area contributed by atoms with Crippen molar-refractivity contribution in [2.75, 3.05) is 19.8 Å². The van der Waals surface area contributed by atoms with Gasteiger partial charge in [-0.2, -0.15) is 0 Å². The van der Waals surface area contributed by atoms with Gasteiger partial charge in [-0.15, -0.1) is 0 Å². The molecule has 0 aliphatic rings. The normalized spacial score (nSPS) is 12.2. The molecular formula is C14H23NO3. The Kier molecular flexibility index (Phi) is 6.54. The highest BCUT2D eigenvalue weighted by Gasteiger charge is 2.07. The van der Waals surface area contributed by atoms with Crippen LogP contribution in [-0.2, 0) is 6.54 Å². The van der Waals surface area contributed by atoms with Crippen molar-refractivity contribution in [3.63, 3.8) is 0 Å². The zero-order valence-electron chi connectivity index (χ0n) is 11.4. The van der Waals surface area contributed by atoms with Gasteiger partial charge in [0.1, 0.15) is 6.61 Å². The summed E-state index contributed by atoms with van der Waals surface area (Å²) in [5.41, 5.74) is 1.16. The van der Waals surface area contributed by atoms with Crippen LogP contribution >= 0.6 is 0 Å². The molecule has 1 atom stereocenters. The van der Waals surface area contributed by atoms with E-state index in [1.54, 1.807) is 6.92 Å². The minimum atomic E-state index is -0.485. The van der Waals surface area contributed by atoms with Gasteiger partial charge in [0.15, 0.2) is 11.5 Å². The van der Waals surface area contributed by atoms with E-state index in [0.29, 0.717) is 12.4 Å². The minimum absolute atomic E-state index is 0.270. The molecule has 0 spiro atoms. The van der Waals surface area contributed by atoms with E-state index in [1.807, 2.05) is 25.1 Å². The third-order valence-corrected chi connectivity index (χ3v) is 2.37. The first-order chi connectivity index (χ1) is 8.67. The lowest BCUT2D eigenvalue weighted by atomic mass is 10.2. The molecule has 0 heterocycles. The summed E-state index contributed by atoms with van der Waals surface area (Å²) in [7, 11) is 0. The van der Waals surface area contributed by atoms with Crippen LogP contribution in [-0.4, -0.2) is 31.0 Å². The number of hydrogen-bond acceptors (Lipinski definition) is 4. The molecule has 1 aromatic rings. The average Bonchev–Trinajstić information content (AvgIpc) is 2.35. The molecule has 0 bridgehead atoms. The van der Waals surface area contributed by atoms with E-state index in [1.165, 1.54) is 0 Å². The summed E-state index contributed by atoms with van der Waals surface area (Å²) >= 11 is 0. The van der Waals surface area contributed by atoms with Gasteiger partial charge in [-0.05, 0) is 38.1 Å². The van der Waals surface area contributed by atoms with Crippen LogP contribution in [0.1, 0.15) is 26.3 Å². The number of rotatable bonds is 8. The van der Waals surface area contributed by atoms with Gasteiger partial charge in [0.05, 0.1) is 12.7 Å². The first-order valence-electron chi connectivity index (χ1n) is 6.44. The van der Waals surface area contributed by atoms with Gasteiger partial charge in [0, 0.05) is 6.54 Å². The molecule has 1 aromatic carbocycles. The zero-order valence-corrected chi connectivity index (χ0v) is 11.4. The van der Waals surface area contributed by atoms with Crippen LogP contribution in [0.25, 0.3) is 0 Å². The molecule has 0 fully saturated rings. The Morgan fingerprint density at radius 2 is 2.00 bits per heavy atom. The Morgan fingerprint density at radius 3 is 2.61 bits per heavy atom. The van der Waals surface area contributed by atoms with Crippen LogP contribution in [0.4, 0.5) is 0 Å². The highest BCUT2D eigenvalue weighted by molar-refractivity contribution is 5.43. The molecule has 1 rings (SSSR count). The van der Waals surface area contributed by atoms with Crippen LogP contribution in [0.5, 0.6) is 11.5 Å². The fourth-order valence-electron chi connectivity index (χ4n) is 1.53. The summed E-state index contributed by atoms with van der Waals surface area (Å²) in [4.78, 5) is 0. The van der Waals surface area contributed by atoms with Crippen molar-refractivity contribution >= 4 is 0 Å². The number of aliphatic hydroxyl groups is 1. The standard InChI is InChI=1S/C14H23NO3/c1-4-15-9-12-6-7-13(18-10-11(3)16)14(8-12)17-5-2/h6-8,11,15-16H,4-5,9-10H2,1-3H3. The van der Waals surface area contributed by atoms with E-state index in [9.17, 15) is 5.11 Å². The maximum absolute atomic E-state index is 9.23. The van der Waals surface area contributed by atoms with Gasteiger partial charge >= 0.3 is 0 Å². The molecule has 0 aliphatic carbocycles. The Balaban J connectivity index is 2.75. The van der Waals surface area contributed by atoms with Gasteiger partial charge in [-0.3, -0.25) is 0 Å². The smallest absolute Gasteiger partial charge is 0.161 e. The molecule has 102 valence electrons. The second-order valence-corrected chi connectivity index (χ2v) is 4.15. The van der Waals surface area contributed by atoms with Gasteiger partial charge in [0.2, 0.25) is 0 Å². The van der Waals surface area contributed by atoms with Crippen molar-refractivity contribution in [2.45, 2.75) is 33.4 Å². The van der Waals surface area contributed by atoms with E-state index in [2.05, 4.69) is 12.2 Å². The Bertz CT molecular complexity index is 353. The second-order valence-electron chi connectivity index (χ2n) is 4.15. The third-order valence-electron chi connectivity index (χ3n) is 2.37. The van der Waals surface area contributed by atoms with Gasteiger partial charge in [-0.1, -0.05) is 13.0 Å². The molecule has 0 amide bonds. The van der Waals surface area contributed by atoms with Crippen LogP contribution < -0.4 is 14.8 Å². The first kappa shape index (κ1) is 14.8. The van der Waals surface area contributed by atoms with Gasteiger partial charge < -0.3 is 19.9 Å². The number of aliphatic hydroxyl groups excluding tert-OH is 1. The Labute approximate surface area is 109 Å². The van der Waals surface area contributed by atoms with E-state index >= 15 is 0 Å². The third kappa shape index (κ3) is 4.94. The fourth-order valence-corrected chi connectivity index (χ4v) is 1.53. The molecule has 0 saturated heterocycles. The molecule has 4 heteroatoms. The lowest BCUT2D eigenvalue weighted by molar-refractivity contribution is 0.120. The number of ether oxygens (including phenoxy) is 2. The van der Waals surface area contributed by atoms with Crippen molar-refractivity contribution in [2.24, 2.45) is 0 Å². The summed E-state index contributed by atoms with van der Waals surface area (Å²) in [6.07, 6.45) is -0.485. The Hall–Kier alpha value is -1.26. The predicted molar refractivity (Wildman–Crippen MR) is 72.2 cm³/mol. The van der Waals surface area contributed by atoms with Gasteiger partial charge in [-0.25, -0.2) is 0 Å². The lowest BCUT2D eigenvalue weighted by Gasteiger charge is -2.14. The van der Waals surface area contributed by atoms with Crippen LogP contribution in [0, 0.1) is 0 Å². The Morgan fingerprint density at radius 1 is 1.22 bits per heavy atom. The van der Waals surface area contributed by atoms with E-state index in [-0.39, 0.29) is 6.61 Å². The van der Waals surface area contributed by atoms with Crippen molar-refractivity contribution in [1.82, 2.24) is 5.32 Å². The topological polar surface area (TPSA) is 50.7 Å². The largest absolute Gasteiger partial charge is 0.490 e. The minimum Gasteiger partial charge on any atom is -0.490 e. The molecule has 0 aromatic heterocycles. The summed E-state index contributed by atoms with van der Waals surface area (Å²) in [6, 6.07) is 5.87. The average molecular weight is 253 g/mol. The molecule has 4 nitrogen and oxygen atoms in total. The monoisotopic (exact) mass is 253 g/mol. The van der Waals surface area contributed by atoms with E-state index in [4.69, 9.17) is 9.47 Å². The molecule has 18 heavy (non-hydrogen) atoms. The summed E-state index contributed by atoms with van der Waals surface area (Å²) in [6.45, 7) is 8.32. The number of nitrogens with one attached hydrogen (secondary N) is 1. The second kappa shape index (κ2) is 7.95. The maximum Gasteiger partial charge on any atom is 0.161 e.